The number of hydrogen-bond acceptors (Lipinski definition) is 4. The Morgan fingerprint density at radius 3 is 2.24 bits per heavy atom. The lowest BCUT2D eigenvalue weighted by Gasteiger charge is -2.43. The van der Waals surface area contributed by atoms with Gasteiger partial charge < -0.3 is 9.80 Å². The molecule has 0 N–H and O–H groups in total. The van der Waals surface area contributed by atoms with Gasteiger partial charge in [-0.25, -0.2) is 9.97 Å². The molecule has 0 fully saturated rings. The van der Waals surface area contributed by atoms with Crippen molar-refractivity contribution in [1.82, 2.24) is 9.97 Å². The maximum absolute atomic E-state index is 5.22. The van der Waals surface area contributed by atoms with Gasteiger partial charge in [-0.3, -0.25) is 0 Å². The molecule has 0 bridgehead atoms. The molecule has 3 aromatic rings. The number of nitrogens with zero attached hydrogens (tertiary/aromatic N) is 4. The second-order valence-corrected chi connectivity index (χ2v) is 10.1. The minimum Gasteiger partial charge on any atom is -0.337 e. The first-order valence-electron chi connectivity index (χ1n) is 12.1. The van der Waals surface area contributed by atoms with Gasteiger partial charge in [0.2, 0.25) is 0 Å². The molecule has 3 heterocycles. The largest absolute Gasteiger partial charge is 0.337 e. The van der Waals surface area contributed by atoms with Crippen LogP contribution in [0.5, 0.6) is 0 Å². The molecule has 33 heavy (non-hydrogen) atoms. The van der Waals surface area contributed by atoms with Gasteiger partial charge >= 0.3 is 0 Å². The summed E-state index contributed by atoms with van der Waals surface area (Å²) >= 11 is 0. The van der Waals surface area contributed by atoms with Crippen molar-refractivity contribution in [3.05, 3.63) is 78.0 Å². The molecule has 0 radical (unpaired) electrons. The highest BCUT2D eigenvalue weighted by Gasteiger charge is 2.46. The minimum absolute atomic E-state index is 0.187. The lowest BCUT2D eigenvalue weighted by molar-refractivity contribution is 0.402. The smallest absolute Gasteiger partial charge is 0.162 e. The van der Waals surface area contributed by atoms with Crippen LogP contribution in [0.3, 0.4) is 0 Å². The summed E-state index contributed by atoms with van der Waals surface area (Å²) < 4.78 is 0. The molecule has 2 aliphatic heterocycles. The van der Waals surface area contributed by atoms with Crippen LogP contribution in [0, 0.1) is 5.92 Å². The van der Waals surface area contributed by atoms with Crippen molar-refractivity contribution >= 4 is 17.2 Å². The monoisotopic (exact) mass is 438 g/mol. The third-order valence-electron chi connectivity index (χ3n) is 7.45. The number of rotatable bonds is 4. The lowest BCUT2D eigenvalue weighted by atomic mass is 9.80. The van der Waals surface area contributed by atoms with Gasteiger partial charge in [0.25, 0.3) is 0 Å². The van der Waals surface area contributed by atoms with Gasteiger partial charge in [-0.1, -0.05) is 77.1 Å². The summed E-state index contributed by atoms with van der Waals surface area (Å²) in [6.07, 6.45) is 4.32. The van der Waals surface area contributed by atoms with Crippen LogP contribution >= 0.6 is 0 Å². The first kappa shape index (κ1) is 21.7. The third kappa shape index (κ3) is 3.18. The predicted molar refractivity (Wildman–Crippen MR) is 139 cm³/mol. The second kappa shape index (κ2) is 8.02. The SMILES string of the molecule is C=CC1c2ccccc2N2c3cnc(-c4c(C(C)C)cccc4C(C)C)nc3N(C)C2C1C. The lowest BCUT2D eigenvalue weighted by Crippen LogP contribution is -2.48. The van der Waals surface area contributed by atoms with Gasteiger partial charge in [-0.15, -0.1) is 6.58 Å². The van der Waals surface area contributed by atoms with Crippen LogP contribution in [0.4, 0.5) is 17.2 Å². The number of benzene rings is 2. The number of allylic oxidation sites excluding steroid dienone is 1. The van der Waals surface area contributed by atoms with Crippen LogP contribution < -0.4 is 9.80 Å². The Hall–Kier alpha value is -3.14. The highest BCUT2D eigenvalue weighted by atomic mass is 15.4. The number of anilines is 3. The van der Waals surface area contributed by atoms with Crippen LogP contribution in [0.15, 0.2) is 61.3 Å². The summed E-state index contributed by atoms with van der Waals surface area (Å²) in [6, 6.07) is 15.3. The molecule has 2 aliphatic rings. The Labute approximate surface area is 198 Å². The molecule has 5 rings (SSSR count). The molecule has 0 spiro atoms. The second-order valence-electron chi connectivity index (χ2n) is 10.1. The first-order valence-corrected chi connectivity index (χ1v) is 12.1. The number of hydrogen-bond donors (Lipinski definition) is 0. The van der Waals surface area contributed by atoms with Gasteiger partial charge in [0, 0.05) is 30.1 Å². The van der Waals surface area contributed by atoms with E-state index in [2.05, 4.69) is 107 Å². The fourth-order valence-electron chi connectivity index (χ4n) is 5.83. The Morgan fingerprint density at radius 2 is 1.61 bits per heavy atom. The molecule has 0 saturated carbocycles. The Balaban J connectivity index is 1.70. The fraction of sp³-hybridized carbons (Fsp3) is 0.379. The van der Waals surface area contributed by atoms with Gasteiger partial charge in [-0.05, 0) is 34.6 Å². The average molecular weight is 439 g/mol. The first-order chi connectivity index (χ1) is 15.8. The molecule has 1 aromatic heterocycles. The normalized spacial score (nSPS) is 21.3. The molecule has 3 atom stereocenters. The molecule has 4 heteroatoms. The van der Waals surface area contributed by atoms with E-state index >= 15 is 0 Å². The van der Waals surface area contributed by atoms with E-state index in [-0.39, 0.29) is 6.17 Å². The van der Waals surface area contributed by atoms with Crippen LogP contribution in [-0.2, 0) is 0 Å². The molecule has 170 valence electrons. The van der Waals surface area contributed by atoms with Gasteiger partial charge in [0.05, 0.1) is 6.20 Å². The van der Waals surface area contributed by atoms with Crippen LogP contribution in [0.25, 0.3) is 11.4 Å². The van der Waals surface area contributed by atoms with E-state index in [1.165, 1.54) is 27.9 Å². The van der Waals surface area contributed by atoms with E-state index in [4.69, 9.17) is 9.97 Å². The Morgan fingerprint density at radius 1 is 0.939 bits per heavy atom. The molecule has 3 unspecified atom stereocenters. The highest BCUT2D eigenvalue weighted by molar-refractivity contribution is 5.85. The van der Waals surface area contributed by atoms with Crippen molar-refractivity contribution in [2.75, 3.05) is 16.8 Å². The van der Waals surface area contributed by atoms with Crippen LogP contribution in [0.2, 0.25) is 0 Å². The predicted octanol–water partition coefficient (Wildman–Crippen LogP) is 7.22. The van der Waals surface area contributed by atoms with Crippen LogP contribution in [-0.4, -0.2) is 23.2 Å². The maximum atomic E-state index is 5.22. The topological polar surface area (TPSA) is 32.3 Å². The average Bonchev–Trinajstić information content (AvgIpc) is 3.11. The molecule has 2 aromatic carbocycles. The Kier molecular flexibility index (Phi) is 5.27. The molecular weight excluding hydrogens is 404 g/mol. The van der Waals surface area contributed by atoms with E-state index in [0.717, 1.165) is 17.3 Å². The summed E-state index contributed by atoms with van der Waals surface area (Å²) in [5.41, 5.74) is 7.46. The quantitative estimate of drug-likeness (QED) is 0.402. The minimum atomic E-state index is 0.187. The molecule has 0 aliphatic carbocycles. The number of fused-ring (bicyclic) bond motifs is 5. The zero-order valence-corrected chi connectivity index (χ0v) is 20.6. The highest BCUT2D eigenvalue weighted by Crippen LogP contribution is 2.53. The zero-order valence-electron chi connectivity index (χ0n) is 20.6. The van der Waals surface area contributed by atoms with Crippen molar-refractivity contribution < 1.29 is 0 Å². The van der Waals surface area contributed by atoms with Crippen molar-refractivity contribution in [3.8, 4) is 11.4 Å². The standard InChI is InChI=1S/C29H34N4/c1-8-20-19(6)29-32(7)28-25(33(29)24-15-10-9-12-23(20)24)16-30-27(31-28)26-21(17(2)3)13-11-14-22(26)18(4)5/h8-20,29H,1H2,2-7H3. The molecule has 0 saturated heterocycles. The number of para-hydroxylation sites is 1. The van der Waals surface area contributed by atoms with Crippen molar-refractivity contribution in [1.29, 1.82) is 0 Å². The summed E-state index contributed by atoms with van der Waals surface area (Å²) in [5.74, 6) is 3.31. The third-order valence-corrected chi connectivity index (χ3v) is 7.45. The van der Waals surface area contributed by atoms with Gasteiger partial charge in [0.15, 0.2) is 11.6 Å². The summed E-state index contributed by atoms with van der Waals surface area (Å²) in [4.78, 5) is 15.0. The summed E-state index contributed by atoms with van der Waals surface area (Å²) in [7, 11) is 2.17. The van der Waals surface area contributed by atoms with Crippen molar-refractivity contribution in [3.63, 3.8) is 0 Å². The van der Waals surface area contributed by atoms with E-state index < -0.39 is 0 Å². The number of aromatic nitrogens is 2. The van der Waals surface area contributed by atoms with E-state index in [9.17, 15) is 0 Å². The fourth-order valence-corrected chi connectivity index (χ4v) is 5.83. The van der Waals surface area contributed by atoms with Crippen LogP contribution in [0.1, 0.15) is 69.1 Å². The van der Waals surface area contributed by atoms with Crippen molar-refractivity contribution in [2.24, 2.45) is 5.92 Å². The van der Waals surface area contributed by atoms with Gasteiger partial charge in [0.1, 0.15) is 11.9 Å². The van der Waals surface area contributed by atoms with Gasteiger partial charge in [-0.2, -0.15) is 0 Å². The van der Waals surface area contributed by atoms with E-state index in [1.54, 1.807) is 0 Å². The maximum Gasteiger partial charge on any atom is 0.162 e. The summed E-state index contributed by atoms with van der Waals surface area (Å²) in [5, 5.41) is 0. The summed E-state index contributed by atoms with van der Waals surface area (Å²) in [6.45, 7) is 15.5. The van der Waals surface area contributed by atoms with Crippen molar-refractivity contribution in [2.45, 2.75) is 58.5 Å². The molecule has 4 nitrogen and oxygen atoms in total. The molecule has 0 amide bonds. The Bertz CT molecular complexity index is 1190. The van der Waals surface area contributed by atoms with E-state index in [0.29, 0.717) is 23.7 Å². The zero-order chi connectivity index (χ0) is 23.4. The van der Waals surface area contributed by atoms with E-state index in [1.807, 2.05) is 6.20 Å². The molecular formula is C29H34N4.